The van der Waals surface area contributed by atoms with Crippen molar-refractivity contribution in [3.63, 3.8) is 0 Å². The molecule has 1 heterocycles. The SMILES string of the molecule is Clc1ccc(OCC#CCSc2cccs2)cc1. The van der Waals surface area contributed by atoms with Gasteiger partial charge in [-0.1, -0.05) is 29.5 Å². The molecule has 0 saturated heterocycles. The molecule has 0 bridgehead atoms. The Hall–Kier alpha value is -1.08. The number of thiophene rings is 1. The van der Waals surface area contributed by atoms with Crippen molar-refractivity contribution in [1.82, 2.24) is 0 Å². The molecule has 0 radical (unpaired) electrons. The molecule has 0 aliphatic carbocycles. The van der Waals surface area contributed by atoms with Gasteiger partial charge in [-0.15, -0.1) is 23.1 Å². The molecule has 18 heavy (non-hydrogen) atoms. The molecule has 0 amide bonds. The van der Waals surface area contributed by atoms with Crippen LogP contribution in [0.2, 0.25) is 5.02 Å². The van der Waals surface area contributed by atoms with Crippen LogP contribution in [-0.2, 0) is 0 Å². The third kappa shape index (κ3) is 4.66. The molecule has 0 fully saturated rings. The second-order valence-corrected chi connectivity index (χ2v) is 5.98. The minimum atomic E-state index is 0.409. The van der Waals surface area contributed by atoms with Gasteiger partial charge < -0.3 is 4.74 Å². The fraction of sp³-hybridized carbons (Fsp3) is 0.143. The van der Waals surface area contributed by atoms with Crippen LogP contribution in [0.4, 0.5) is 0 Å². The molecule has 0 saturated carbocycles. The monoisotopic (exact) mass is 294 g/mol. The van der Waals surface area contributed by atoms with Gasteiger partial charge in [0.2, 0.25) is 0 Å². The van der Waals surface area contributed by atoms with Crippen LogP contribution < -0.4 is 4.74 Å². The molecule has 0 spiro atoms. The summed E-state index contributed by atoms with van der Waals surface area (Å²) in [6.07, 6.45) is 0. The van der Waals surface area contributed by atoms with E-state index >= 15 is 0 Å². The maximum atomic E-state index is 5.78. The Kier molecular flexibility index (Phi) is 5.47. The van der Waals surface area contributed by atoms with Gasteiger partial charge in [-0.3, -0.25) is 0 Å². The maximum absolute atomic E-state index is 5.78. The van der Waals surface area contributed by atoms with Crippen LogP contribution in [0.3, 0.4) is 0 Å². The minimum absolute atomic E-state index is 0.409. The summed E-state index contributed by atoms with van der Waals surface area (Å²) < 4.78 is 6.75. The van der Waals surface area contributed by atoms with Crippen LogP contribution in [-0.4, -0.2) is 12.4 Å². The van der Waals surface area contributed by atoms with Crippen molar-refractivity contribution in [2.75, 3.05) is 12.4 Å². The van der Waals surface area contributed by atoms with Crippen molar-refractivity contribution in [2.24, 2.45) is 0 Å². The molecule has 0 aliphatic rings. The lowest BCUT2D eigenvalue weighted by Gasteiger charge is -2.00. The molecule has 1 nitrogen and oxygen atoms in total. The van der Waals surface area contributed by atoms with Gasteiger partial charge in [0, 0.05) is 5.02 Å². The third-order valence-corrected chi connectivity index (χ3v) is 4.30. The van der Waals surface area contributed by atoms with Gasteiger partial charge >= 0.3 is 0 Å². The van der Waals surface area contributed by atoms with Crippen LogP contribution in [0.25, 0.3) is 0 Å². The summed E-state index contributed by atoms with van der Waals surface area (Å²) in [6.45, 7) is 0.409. The Labute approximate surface area is 120 Å². The zero-order valence-corrected chi connectivity index (χ0v) is 11.9. The first-order valence-electron chi connectivity index (χ1n) is 5.35. The number of thioether (sulfide) groups is 1. The van der Waals surface area contributed by atoms with E-state index in [0.717, 1.165) is 11.5 Å². The first-order valence-corrected chi connectivity index (χ1v) is 7.59. The van der Waals surface area contributed by atoms with E-state index in [2.05, 4.69) is 23.3 Å². The zero-order valence-electron chi connectivity index (χ0n) is 9.56. The lowest BCUT2D eigenvalue weighted by molar-refractivity contribution is 0.370. The largest absolute Gasteiger partial charge is 0.481 e. The summed E-state index contributed by atoms with van der Waals surface area (Å²) in [4.78, 5) is 0. The Bertz CT molecular complexity index is 523. The normalized spacial score (nSPS) is 9.61. The molecule has 2 rings (SSSR count). The minimum Gasteiger partial charge on any atom is -0.481 e. The Morgan fingerprint density at radius 1 is 1.17 bits per heavy atom. The summed E-state index contributed by atoms with van der Waals surface area (Å²) in [5.41, 5.74) is 0. The average molecular weight is 295 g/mol. The second kappa shape index (κ2) is 7.38. The third-order valence-electron chi connectivity index (χ3n) is 2.03. The van der Waals surface area contributed by atoms with Gasteiger partial charge in [0.1, 0.15) is 12.4 Å². The number of benzene rings is 1. The van der Waals surface area contributed by atoms with Crippen molar-refractivity contribution >= 4 is 34.7 Å². The Balaban J connectivity index is 1.67. The van der Waals surface area contributed by atoms with Gasteiger partial charge in [-0.05, 0) is 35.7 Å². The Morgan fingerprint density at radius 2 is 2.00 bits per heavy atom. The quantitative estimate of drug-likeness (QED) is 0.603. The Morgan fingerprint density at radius 3 is 2.72 bits per heavy atom. The molecule has 1 aromatic carbocycles. The molecular weight excluding hydrogens is 284 g/mol. The van der Waals surface area contributed by atoms with E-state index < -0.39 is 0 Å². The standard InChI is InChI=1S/C14H11ClOS2/c15-12-5-7-13(8-6-12)16-9-1-2-10-17-14-4-3-11-18-14/h3-8,11H,9-10H2. The van der Waals surface area contributed by atoms with Crippen LogP contribution >= 0.6 is 34.7 Å². The maximum Gasteiger partial charge on any atom is 0.149 e. The van der Waals surface area contributed by atoms with E-state index in [1.54, 1.807) is 35.2 Å². The first-order chi connectivity index (χ1) is 8.84. The van der Waals surface area contributed by atoms with E-state index in [9.17, 15) is 0 Å². The number of hydrogen-bond donors (Lipinski definition) is 0. The summed E-state index contributed by atoms with van der Waals surface area (Å²) in [5.74, 6) is 7.65. The van der Waals surface area contributed by atoms with Gasteiger partial charge in [0.05, 0.1) is 9.96 Å². The molecule has 0 aliphatic heterocycles. The average Bonchev–Trinajstić information content (AvgIpc) is 2.89. The van der Waals surface area contributed by atoms with Crippen LogP contribution in [0, 0.1) is 11.8 Å². The number of halogens is 1. The number of rotatable bonds is 4. The lowest BCUT2D eigenvalue weighted by Crippen LogP contribution is -1.93. The second-order valence-electron chi connectivity index (χ2n) is 3.32. The zero-order chi connectivity index (χ0) is 12.6. The van der Waals surface area contributed by atoms with Crippen molar-refractivity contribution < 1.29 is 4.74 Å². The smallest absolute Gasteiger partial charge is 0.149 e. The fourth-order valence-electron chi connectivity index (χ4n) is 1.21. The van der Waals surface area contributed by atoms with Crippen molar-refractivity contribution in [1.29, 1.82) is 0 Å². The molecule has 92 valence electrons. The summed E-state index contributed by atoms with van der Waals surface area (Å²) >= 11 is 9.26. The topological polar surface area (TPSA) is 9.23 Å². The van der Waals surface area contributed by atoms with E-state index in [0.29, 0.717) is 11.6 Å². The first kappa shape index (κ1) is 13.4. The fourth-order valence-corrected chi connectivity index (χ4v) is 2.89. The van der Waals surface area contributed by atoms with Crippen LogP contribution in [0.5, 0.6) is 5.75 Å². The van der Waals surface area contributed by atoms with Gasteiger partial charge in [0.25, 0.3) is 0 Å². The number of hydrogen-bond acceptors (Lipinski definition) is 3. The summed E-state index contributed by atoms with van der Waals surface area (Å²) in [6, 6.07) is 11.4. The van der Waals surface area contributed by atoms with Crippen molar-refractivity contribution in [3.05, 3.63) is 46.8 Å². The highest BCUT2D eigenvalue weighted by atomic mass is 35.5. The number of ether oxygens (including phenoxy) is 1. The molecule has 0 N–H and O–H groups in total. The van der Waals surface area contributed by atoms with E-state index in [1.807, 2.05) is 18.2 Å². The molecule has 4 heteroatoms. The molecular formula is C14H11ClOS2. The van der Waals surface area contributed by atoms with Crippen LogP contribution in [0.15, 0.2) is 46.0 Å². The van der Waals surface area contributed by atoms with Crippen molar-refractivity contribution in [3.8, 4) is 17.6 Å². The predicted octanol–water partition coefficient (Wildman–Crippen LogP) is 4.58. The van der Waals surface area contributed by atoms with Gasteiger partial charge in [0.15, 0.2) is 0 Å². The van der Waals surface area contributed by atoms with Gasteiger partial charge in [-0.25, -0.2) is 0 Å². The molecule has 0 unspecified atom stereocenters. The van der Waals surface area contributed by atoms with E-state index in [1.165, 1.54) is 4.21 Å². The van der Waals surface area contributed by atoms with Crippen LogP contribution in [0.1, 0.15) is 0 Å². The molecule has 0 atom stereocenters. The van der Waals surface area contributed by atoms with E-state index in [-0.39, 0.29) is 0 Å². The van der Waals surface area contributed by atoms with Gasteiger partial charge in [-0.2, -0.15) is 0 Å². The summed E-state index contributed by atoms with van der Waals surface area (Å²) in [7, 11) is 0. The summed E-state index contributed by atoms with van der Waals surface area (Å²) in [5, 5.41) is 2.78. The highest BCUT2D eigenvalue weighted by Crippen LogP contribution is 2.22. The van der Waals surface area contributed by atoms with E-state index in [4.69, 9.17) is 16.3 Å². The predicted molar refractivity (Wildman–Crippen MR) is 79.8 cm³/mol. The highest BCUT2D eigenvalue weighted by molar-refractivity contribution is 8.01. The lowest BCUT2D eigenvalue weighted by atomic mass is 10.3. The van der Waals surface area contributed by atoms with Crippen molar-refractivity contribution in [2.45, 2.75) is 4.21 Å². The molecule has 2 aromatic rings. The highest BCUT2D eigenvalue weighted by Gasteiger charge is 1.92. The molecule has 1 aromatic heterocycles.